The monoisotopic (exact) mass is 539 g/mol. The van der Waals surface area contributed by atoms with Crippen molar-refractivity contribution in [1.82, 2.24) is 4.90 Å². The normalized spacial score (nSPS) is 18.6. The zero-order valence-electron chi connectivity index (χ0n) is 20.3. The lowest BCUT2D eigenvalue weighted by atomic mass is 9.89. The maximum atomic E-state index is 13.4. The highest BCUT2D eigenvalue weighted by atomic mass is 35.5. The van der Waals surface area contributed by atoms with Gasteiger partial charge in [-0.25, -0.2) is 12.8 Å². The van der Waals surface area contributed by atoms with Crippen LogP contribution in [0.3, 0.4) is 0 Å². The molecule has 2 aliphatic heterocycles. The number of amides is 1. The number of hydrogen-bond acceptors (Lipinski definition) is 5. The third-order valence-electron chi connectivity index (χ3n) is 6.98. The summed E-state index contributed by atoms with van der Waals surface area (Å²) in [6, 6.07) is 17.8. The second-order valence-electron chi connectivity index (χ2n) is 9.54. The summed E-state index contributed by atoms with van der Waals surface area (Å²) in [6.45, 7) is 1.40. The molecule has 0 saturated carbocycles. The minimum Gasteiger partial charge on any atom is -0.356 e. The highest BCUT2D eigenvalue weighted by molar-refractivity contribution is 7.90. The van der Waals surface area contributed by atoms with Crippen LogP contribution in [-0.2, 0) is 21.1 Å². The van der Waals surface area contributed by atoms with Gasteiger partial charge in [0.05, 0.1) is 10.6 Å². The number of halogens is 2. The minimum atomic E-state index is -3.47. The maximum Gasteiger partial charge on any atom is 0.249 e. The standard InChI is InChI=1S/C28H27ClFN3O3S/c1-37(35,36)26-5-3-2-4-20(26)16-25-28(34)32-24-11-8-21(29)17-23(24)27(31-25)33-14-12-19(13-15-33)18-6-9-22(30)10-7-18/h2-11,17,19,25H,12-16H2,1H3,(H,32,34). The number of hydrogen-bond donors (Lipinski definition) is 1. The molecule has 192 valence electrons. The molecule has 5 rings (SSSR count). The molecule has 0 spiro atoms. The van der Waals surface area contributed by atoms with Gasteiger partial charge in [0.1, 0.15) is 17.7 Å². The zero-order valence-corrected chi connectivity index (χ0v) is 21.9. The predicted octanol–water partition coefficient (Wildman–Crippen LogP) is 5.07. The first kappa shape index (κ1) is 25.4. The first-order valence-electron chi connectivity index (χ1n) is 12.2. The van der Waals surface area contributed by atoms with E-state index in [9.17, 15) is 17.6 Å². The summed E-state index contributed by atoms with van der Waals surface area (Å²) in [6.07, 6.45) is 3.01. The van der Waals surface area contributed by atoms with E-state index in [-0.39, 0.29) is 23.0 Å². The van der Waals surface area contributed by atoms with Crippen LogP contribution >= 0.6 is 11.6 Å². The van der Waals surface area contributed by atoms with Crippen molar-refractivity contribution in [1.29, 1.82) is 0 Å². The van der Waals surface area contributed by atoms with Crippen molar-refractivity contribution in [2.45, 2.75) is 36.1 Å². The van der Waals surface area contributed by atoms with Gasteiger partial charge < -0.3 is 10.2 Å². The Morgan fingerprint density at radius 2 is 1.76 bits per heavy atom. The van der Waals surface area contributed by atoms with Crippen LogP contribution in [0.4, 0.5) is 10.1 Å². The molecule has 0 aliphatic carbocycles. The minimum absolute atomic E-state index is 0.145. The van der Waals surface area contributed by atoms with E-state index in [4.69, 9.17) is 16.6 Å². The molecule has 1 amide bonds. The van der Waals surface area contributed by atoms with Gasteiger partial charge in [-0.3, -0.25) is 9.79 Å². The van der Waals surface area contributed by atoms with Gasteiger partial charge in [-0.05, 0) is 66.3 Å². The Morgan fingerprint density at radius 3 is 2.46 bits per heavy atom. The fourth-order valence-electron chi connectivity index (χ4n) is 5.09. The Kier molecular flexibility index (Phi) is 7.05. The number of benzodiazepines with no additional fused rings is 1. The van der Waals surface area contributed by atoms with E-state index in [1.807, 2.05) is 12.1 Å². The van der Waals surface area contributed by atoms with Crippen molar-refractivity contribution in [3.8, 4) is 0 Å². The molecular formula is C28H27ClFN3O3S. The second kappa shape index (κ2) is 10.3. The predicted molar refractivity (Wildman–Crippen MR) is 144 cm³/mol. The number of nitrogens with zero attached hydrogens (tertiary/aromatic N) is 2. The second-order valence-corrected chi connectivity index (χ2v) is 12.0. The fraction of sp³-hybridized carbons (Fsp3) is 0.286. The number of rotatable bonds is 4. The number of carbonyl (C=O) groups is 1. The van der Waals surface area contributed by atoms with Gasteiger partial charge in [-0.15, -0.1) is 0 Å². The van der Waals surface area contributed by atoms with Crippen molar-refractivity contribution in [2.75, 3.05) is 24.7 Å². The van der Waals surface area contributed by atoms with Crippen LogP contribution in [0.2, 0.25) is 5.02 Å². The van der Waals surface area contributed by atoms with E-state index >= 15 is 0 Å². The molecule has 3 aromatic carbocycles. The molecule has 1 fully saturated rings. The van der Waals surface area contributed by atoms with Gasteiger partial charge in [-0.1, -0.05) is 41.9 Å². The molecule has 0 aromatic heterocycles. The summed E-state index contributed by atoms with van der Waals surface area (Å²) >= 11 is 6.34. The van der Waals surface area contributed by atoms with Crippen molar-refractivity contribution in [3.05, 3.63) is 94.3 Å². The van der Waals surface area contributed by atoms with Gasteiger partial charge in [0.25, 0.3) is 0 Å². The number of carbonyl (C=O) groups excluding carboxylic acids is 1. The van der Waals surface area contributed by atoms with E-state index in [0.717, 1.165) is 30.2 Å². The lowest BCUT2D eigenvalue weighted by molar-refractivity contribution is -0.117. The number of fused-ring (bicyclic) bond motifs is 1. The molecule has 1 saturated heterocycles. The van der Waals surface area contributed by atoms with E-state index in [2.05, 4.69) is 10.2 Å². The Hall–Kier alpha value is -3.23. The van der Waals surface area contributed by atoms with E-state index < -0.39 is 15.9 Å². The lowest BCUT2D eigenvalue weighted by Crippen LogP contribution is -2.39. The smallest absolute Gasteiger partial charge is 0.249 e. The van der Waals surface area contributed by atoms with E-state index in [1.165, 1.54) is 12.1 Å². The number of nitrogens with one attached hydrogen (secondary N) is 1. The summed E-state index contributed by atoms with van der Waals surface area (Å²) in [5, 5.41) is 3.49. The van der Waals surface area contributed by atoms with Crippen LogP contribution in [0.15, 0.2) is 76.6 Å². The summed E-state index contributed by atoms with van der Waals surface area (Å²) < 4.78 is 38.1. The zero-order chi connectivity index (χ0) is 26.2. The average molecular weight is 540 g/mol. The van der Waals surface area contributed by atoms with E-state index in [1.54, 1.807) is 42.5 Å². The molecule has 2 aliphatic rings. The molecule has 0 radical (unpaired) electrons. The molecule has 6 nitrogen and oxygen atoms in total. The Balaban J connectivity index is 1.47. The summed E-state index contributed by atoms with van der Waals surface area (Å²) in [7, 11) is -3.47. The quantitative estimate of drug-likeness (QED) is 0.502. The summed E-state index contributed by atoms with van der Waals surface area (Å²) in [5.74, 6) is 0.417. The van der Waals surface area contributed by atoms with Crippen LogP contribution in [0.1, 0.15) is 35.4 Å². The third-order valence-corrected chi connectivity index (χ3v) is 8.41. The molecule has 37 heavy (non-hydrogen) atoms. The largest absolute Gasteiger partial charge is 0.356 e. The van der Waals surface area contributed by atoms with Crippen molar-refractivity contribution in [3.63, 3.8) is 0 Å². The maximum absolute atomic E-state index is 13.4. The number of aliphatic imine (C=N–C) groups is 1. The van der Waals surface area contributed by atoms with Crippen molar-refractivity contribution >= 4 is 38.9 Å². The first-order chi connectivity index (χ1) is 17.7. The van der Waals surface area contributed by atoms with Gasteiger partial charge in [0, 0.05) is 36.4 Å². The number of sulfone groups is 1. The summed E-state index contributed by atoms with van der Waals surface area (Å²) in [5.41, 5.74) is 3.01. The van der Waals surface area contributed by atoms with Crippen LogP contribution in [0.25, 0.3) is 0 Å². The first-order valence-corrected chi connectivity index (χ1v) is 14.4. The van der Waals surface area contributed by atoms with Crippen LogP contribution < -0.4 is 5.32 Å². The molecule has 3 aromatic rings. The van der Waals surface area contributed by atoms with Gasteiger partial charge >= 0.3 is 0 Å². The highest BCUT2D eigenvalue weighted by Gasteiger charge is 2.31. The van der Waals surface area contributed by atoms with Crippen molar-refractivity contribution < 1.29 is 17.6 Å². The van der Waals surface area contributed by atoms with Gasteiger partial charge in [0.15, 0.2) is 9.84 Å². The average Bonchev–Trinajstić information content (AvgIpc) is 3.00. The number of piperidine rings is 1. The number of likely N-dealkylation sites (tertiary alicyclic amines) is 1. The molecule has 1 N–H and O–H groups in total. The SMILES string of the molecule is CS(=O)(=O)c1ccccc1CC1N=C(N2CCC(c3ccc(F)cc3)CC2)c2cc(Cl)ccc2NC1=O. The molecule has 1 unspecified atom stereocenters. The number of amidine groups is 1. The third kappa shape index (κ3) is 5.55. The highest BCUT2D eigenvalue weighted by Crippen LogP contribution is 2.32. The van der Waals surface area contributed by atoms with Crippen LogP contribution in [0.5, 0.6) is 0 Å². The molecule has 2 heterocycles. The molecule has 9 heteroatoms. The van der Waals surface area contributed by atoms with Crippen LogP contribution in [-0.4, -0.2) is 50.4 Å². The molecule has 1 atom stereocenters. The number of benzene rings is 3. The fourth-order valence-corrected chi connectivity index (χ4v) is 6.22. The Labute approximate surface area is 221 Å². The lowest BCUT2D eigenvalue weighted by Gasteiger charge is -2.35. The van der Waals surface area contributed by atoms with Crippen LogP contribution in [0, 0.1) is 5.82 Å². The van der Waals surface area contributed by atoms with Gasteiger partial charge in [0.2, 0.25) is 5.91 Å². The summed E-state index contributed by atoms with van der Waals surface area (Å²) in [4.78, 5) is 20.5. The van der Waals surface area contributed by atoms with Gasteiger partial charge in [-0.2, -0.15) is 0 Å². The Morgan fingerprint density at radius 1 is 1.05 bits per heavy atom. The van der Waals surface area contributed by atoms with E-state index in [0.29, 0.717) is 41.1 Å². The van der Waals surface area contributed by atoms with Crippen molar-refractivity contribution in [2.24, 2.45) is 4.99 Å². The number of anilines is 1. The molecular weight excluding hydrogens is 513 g/mol. The Bertz CT molecular complexity index is 1470. The molecule has 0 bridgehead atoms. The topological polar surface area (TPSA) is 78.8 Å².